The molecule has 0 amide bonds. The van der Waals surface area contributed by atoms with E-state index in [1.165, 1.54) is 0 Å². The van der Waals surface area contributed by atoms with Crippen LogP contribution in [0.4, 0.5) is 17.1 Å². The third kappa shape index (κ3) is 2.20. The molecule has 0 aromatic heterocycles. The van der Waals surface area contributed by atoms with Gasteiger partial charge in [0.1, 0.15) is 0 Å². The molecule has 0 spiro atoms. The number of anilines is 3. The molecule has 4 rings (SSSR count). The van der Waals surface area contributed by atoms with E-state index in [1.54, 1.807) is 6.07 Å². The Bertz CT molecular complexity index is 1110. The molecule has 3 aromatic rings. The van der Waals surface area contributed by atoms with Crippen molar-refractivity contribution < 1.29 is 9.68 Å². The Morgan fingerprint density at radius 3 is 2.23 bits per heavy atom. The molecule has 1 atom stereocenters. The Morgan fingerprint density at radius 2 is 1.54 bits per heavy atom. The SMILES string of the molecule is CS1=Cc2c(cc(N)c(N)c2N)-c2ccc3cc(ON)c(ON)cc3c21. The van der Waals surface area contributed by atoms with Gasteiger partial charge < -0.3 is 26.9 Å². The highest BCUT2D eigenvalue weighted by Crippen LogP contribution is 2.49. The first-order valence-corrected chi connectivity index (χ1v) is 9.47. The lowest BCUT2D eigenvalue weighted by Crippen LogP contribution is -2.09. The lowest BCUT2D eigenvalue weighted by molar-refractivity contribution is 0.281. The second kappa shape index (κ2) is 5.80. The number of nitrogen functional groups attached to an aromatic ring is 3. The van der Waals surface area contributed by atoms with E-state index in [1.807, 2.05) is 24.3 Å². The number of fused-ring (bicyclic) bond motifs is 5. The number of hydrogen-bond donors (Lipinski definition) is 5. The molecule has 3 aromatic carbocycles. The summed E-state index contributed by atoms with van der Waals surface area (Å²) in [5, 5.41) is 4.10. The van der Waals surface area contributed by atoms with E-state index in [-0.39, 0.29) is 10.5 Å². The summed E-state index contributed by atoms with van der Waals surface area (Å²) in [6, 6.07) is 9.55. The molecule has 8 heteroatoms. The summed E-state index contributed by atoms with van der Waals surface area (Å²) in [4.78, 5) is 10.9. The highest BCUT2D eigenvalue weighted by Gasteiger charge is 2.22. The summed E-state index contributed by atoms with van der Waals surface area (Å²) in [7, 11) is -0.215. The second-order valence-corrected chi connectivity index (χ2v) is 7.89. The molecule has 1 aliphatic heterocycles. The standard InChI is InChI=1S/C18H19N5O2S/c1-26-7-12-11(5-13(19)17(21)16(12)20)9-3-2-8-4-14(24-22)15(25-23)6-10(8)18(9)26/h2-7H,19-23H2,1H3. The zero-order valence-corrected chi connectivity index (χ0v) is 14.9. The van der Waals surface area contributed by atoms with Crippen molar-refractivity contribution in [3.05, 3.63) is 35.9 Å². The van der Waals surface area contributed by atoms with Crippen LogP contribution in [-0.4, -0.2) is 11.6 Å². The van der Waals surface area contributed by atoms with Crippen molar-refractivity contribution in [1.29, 1.82) is 0 Å². The molecular weight excluding hydrogens is 350 g/mol. The van der Waals surface area contributed by atoms with Gasteiger partial charge in [-0.1, -0.05) is 12.1 Å². The van der Waals surface area contributed by atoms with Crippen LogP contribution in [0.5, 0.6) is 11.5 Å². The average molecular weight is 369 g/mol. The van der Waals surface area contributed by atoms with E-state index in [4.69, 9.17) is 38.7 Å². The highest BCUT2D eigenvalue weighted by atomic mass is 32.2. The van der Waals surface area contributed by atoms with Crippen LogP contribution < -0.4 is 38.7 Å². The maximum Gasteiger partial charge on any atom is 0.191 e. The summed E-state index contributed by atoms with van der Waals surface area (Å²) >= 11 is 0. The van der Waals surface area contributed by atoms with Gasteiger partial charge in [-0.15, -0.1) is 0 Å². The van der Waals surface area contributed by atoms with E-state index in [0.29, 0.717) is 28.6 Å². The molecule has 7 nitrogen and oxygen atoms in total. The molecule has 0 saturated carbocycles. The summed E-state index contributed by atoms with van der Waals surface area (Å²) in [5.41, 5.74) is 22.6. The van der Waals surface area contributed by atoms with Crippen molar-refractivity contribution in [2.24, 2.45) is 11.8 Å². The van der Waals surface area contributed by atoms with Crippen molar-refractivity contribution in [3.8, 4) is 22.6 Å². The number of benzene rings is 3. The van der Waals surface area contributed by atoms with Gasteiger partial charge in [-0.3, -0.25) is 0 Å². The van der Waals surface area contributed by atoms with E-state index in [9.17, 15) is 0 Å². The van der Waals surface area contributed by atoms with Crippen LogP contribution in [0.3, 0.4) is 0 Å². The third-order valence-electron chi connectivity index (χ3n) is 4.68. The minimum atomic E-state index is -0.215. The maximum absolute atomic E-state index is 6.22. The first-order valence-electron chi connectivity index (χ1n) is 7.78. The molecule has 10 N–H and O–H groups in total. The highest BCUT2D eigenvalue weighted by molar-refractivity contribution is 8.15. The zero-order valence-electron chi connectivity index (χ0n) is 14.1. The molecule has 134 valence electrons. The number of rotatable bonds is 2. The molecule has 0 fully saturated rings. The summed E-state index contributed by atoms with van der Waals surface area (Å²) in [6.07, 6.45) is 2.13. The summed E-state index contributed by atoms with van der Waals surface area (Å²) in [6.45, 7) is 0. The quantitative estimate of drug-likeness (QED) is 0.264. The fourth-order valence-electron chi connectivity index (χ4n) is 3.39. The van der Waals surface area contributed by atoms with Crippen LogP contribution >= 0.6 is 10.5 Å². The van der Waals surface area contributed by atoms with Crippen LogP contribution in [-0.2, 0) is 0 Å². The van der Waals surface area contributed by atoms with Gasteiger partial charge >= 0.3 is 0 Å². The van der Waals surface area contributed by atoms with Crippen molar-refractivity contribution in [3.63, 3.8) is 0 Å². The van der Waals surface area contributed by atoms with Gasteiger partial charge in [0.15, 0.2) is 11.5 Å². The molecule has 1 heterocycles. The van der Waals surface area contributed by atoms with Gasteiger partial charge in [-0.2, -0.15) is 22.3 Å². The maximum atomic E-state index is 6.22. The van der Waals surface area contributed by atoms with E-state index in [0.717, 1.165) is 32.4 Å². The fraction of sp³-hybridized carbons (Fsp3) is 0.0556. The minimum absolute atomic E-state index is 0.215. The Hall–Kier alpha value is -2.94. The molecule has 1 unspecified atom stereocenters. The van der Waals surface area contributed by atoms with Crippen molar-refractivity contribution in [2.45, 2.75) is 4.90 Å². The lowest BCUT2D eigenvalue weighted by atomic mass is 9.94. The monoisotopic (exact) mass is 369 g/mol. The zero-order chi connectivity index (χ0) is 18.6. The van der Waals surface area contributed by atoms with Gasteiger partial charge in [0.2, 0.25) is 0 Å². The molecule has 1 aliphatic rings. The van der Waals surface area contributed by atoms with Gasteiger partial charge in [0.05, 0.1) is 17.1 Å². The normalized spacial score (nSPS) is 15.1. The van der Waals surface area contributed by atoms with E-state index >= 15 is 0 Å². The van der Waals surface area contributed by atoms with Crippen molar-refractivity contribution in [1.82, 2.24) is 0 Å². The second-order valence-electron chi connectivity index (χ2n) is 6.13. The largest absolute Gasteiger partial charge is 0.407 e. The first-order chi connectivity index (χ1) is 12.5. The summed E-state index contributed by atoms with van der Waals surface area (Å²) < 4.78 is 0. The predicted octanol–water partition coefficient (Wildman–Crippen LogP) is 2.18. The first kappa shape index (κ1) is 16.5. The van der Waals surface area contributed by atoms with E-state index in [2.05, 4.69) is 11.6 Å². The van der Waals surface area contributed by atoms with Crippen LogP contribution in [0.25, 0.3) is 21.9 Å². The van der Waals surface area contributed by atoms with Gasteiger partial charge in [-0.25, -0.2) is 0 Å². The van der Waals surface area contributed by atoms with Gasteiger partial charge in [0.25, 0.3) is 0 Å². The van der Waals surface area contributed by atoms with Gasteiger partial charge in [0, 0.05) is 10.5 Å². The molecular formula is C18H19N5O2S. The topological polar surface area (TPSA) is 149 Å². The number of nitrogens with two attached hydrogens (primary N) is 5. The lowest BCUT2D eigenvalue weighted by Gasteiger charge is -2.24. The Kier molecular flexibility index (Phi) is 3.69. The fourth-order valence-corrected chi connectivity index (χ4v) is 5.16. The van der Waals surface area contributed by atoms with Crippen LogP contribution in [0, 0.1) is 0 Å². The smallest absolute Gasteiger partial charge is 0.191 e. The summed E-state index contributed by atoms with van der Waals surface area (Å²) in [5.74, 6) is 11.4. The molecule has 0 saturated heterocycles. The average Bonchev–Trinajstić information content (AvgIpc) is 2.65. The molecule has 0 radical (unpaired) electrons. The Labute approximate surface area is 152 Å². The van der Waals surface area contributed by atoms with Crippen LogP contribution in [0.15, 0.2) is 35.2 Å². The molecule has 0 aliphatic carbocycles. The van der Waals surface area contributed by atoms with Crippen molar-refractivity contribution >= 4 is 43.7 Å². The van der Waals surface area contributed by atoms with Crippen molar-refractivity contribution in [2.75, 3.05) is 23.5 Å². The predicted molar refractivity (Wildman–Crippen MR) is 109 cm³/mol. The van der Waals surface area contributed by atoms with Crippen LogP contribution in [0.1, 0.15) is 5.56 Å². The van der Waals surface area contributed by atoms with Gasteiger partial charge in [-0.05, 0) is 51.7 Å². The Morgan fingerprint density at radius 1 is 0.846 bits per heavy atom. The number of hydrogen-bond acceptors (Lipinski definition) is 7. The molecule has 26 heavy (non-hydrogen) atoms. The molecule has 0 bridgehead atoms. The Balaban J connectivity index is 2.10. The van der Waals surface area contributed by atoms with E-state index < -0.39 is 0 Å². The third-order valence-corrected chi connectivity index (χ3v) is 6.35. The van der Waals surface area contributed by atoms with Crippen LogP contribution in [0.2, 0.25) is 0 Å². The minimum Gasteiger partial charge on any atom is -0.407 e.